The van der Waals surface area contributed by atoms with E-state index >= 15 is 0 Å². The van der Waals surface area contributed by atoms with Crippen molar-refractivity contribution in [3.8, 4) is 0 Å². The summed E-state index contributed by atoms with van der Waals surface area (Å²) in [6.07, 6.45) is 2.65. The highest BCUT2D eigenvalue weighted by atomic mass is 79.9. The van der Waals surface area contributed by atoms with Gasteiger partial charge in [-0.1, -0.05) is 11.6 Å². The number of nitrogens with zero attached hydrogens (tertiary/aromatic N) is 2. The largest absolute Gasteiger partial charge is 0.353 e. The quantitative estimate of drug-likeness (QED) is 0.909. The third-order valence-electron chi connectivity index (χ3n) is 2.68. The summed E-state index contributed by atoms with van der Waals surface area (Å²) in [6.45, 7) is 3.15. The van der Waals surface area contributed by atoms with Crippen LogP contribution in [0.2, 0.25) is 5.02 Å². The number of hydrogen-bond donors (Lipinski definition) is 1. The maximum absolute atomic E-state index is 11.0. The minimum absolute atomic E-state index is 0.00622. The minimum Gasteiger partial charge on any atom is -0.353 e. The van der Waals surface area contributed by atoms with Crippen LogP contribution in [0.1, 0.15) is 13.3 Å². The van der Waals surface area contributed by atoms with Crippen molar-refractivity contribution in [2.45, 2.75) is 19.4 Å². The van der Waals surface area contributed by atoms with E-state index in [4.69, 9.17) is 11.6 Å². The molecule has 0 radical (unpaired) electrons. The fourth-order valence-corrected chi connectivity index (χ4v) is 2.75. The molecule has 0 aromatic carbocycles. The Bertz CT molecular complexity index is 441. The summed E-state index contributed by atoms with van der Waals surface area (Å²) in [7, 11) is 0. The van der Waals surface area contributed by atoms with E-state index in [2.05, 4.69) is 31.1 Å². The molecule has 1 saturated heterocycles. The van der Waals surface area contributed by atoms with Crippen LogP contribution >= 0.6 is 27.5 Å². The molecule has 2 rings (SSSR count). The molecule has 2 heterocycles. The SMILES string of the molecule is CC(=O)NC1CCN(c2ncc(Br)cc2Cl)C1. The number of anilines is 1. The Kier molecular flexibility index (Phi) is 3.89. The van der Waals surface area contributed by atoms with Crippen molar-refractivity contribution in [2.24, 2.45) is 0 Å². The van der Waals surface area contributed by atoms with Gasteiger partial charge in [-0.25, -0.2) is 4.98 Å². The third kappa shape index (κ3) is 3.10. The van der Waals surface area contributed by atoms with Crippen molar-refractivity contribution in [1.82, 2.24) is 10.3 Å². The predicted octanol–water partition coefficient (Wildman–Crippen LogP) is 2.21. The van der Waals surface area contributed by atoms with E-state index in [0.29, 0.717) is 5.02 Å². The number of rotatable bonds is 2. The summed E-state index contributed by atoms with van der Waals surface area (Å²) in [4.78, 5) is 17.4. The highest BCUT2D eigenvalue weighted by Gasteiger charge is 2.25. The molecule has 17 heavy (non-hydrogen) atoms. The van der Waals surface area contributed by atoms with Gasteiger partial charge in [0.1, 0.15) is 5.82 Å². The number of amides is 1. The van der Waals surface area contributed by atoms with Gasteiger partial charge in [-0.3, -0.25) is 4.79 Å². The number of pyridine rings is 1. The standard InChI is InChI=1S/C11H13BrClN3O/c1-7(17)15-9-2-3-16(6-9)11-10(13)4-8(12)5-14-11/h4-5,9H,2-3,6H2,1H3,(H,15,17). The van der Waals surface area contributed by atoms with Gasteiger partial charge in [0.2, 0.25) is 5.91 Å². The van der Waals surface area contributed by atoms with Crippen LogP contribution in [0.5, 0.6) is 0 Å². The molecule has 0 aliphatic carbocycles. The van der Waals surface area contributed by atoms with Crippen LogP contribution in [-0.4, -0.2) is 30.0 Å². The van der Waals surface area contributed by atoms with Gasteiger partial charge < -0.3 is 10.2 Å². The molecule has 1 aliphatic rings. The number of carbonyl (C=O) groups is 1. The van der Waals surface area contributed by atoms with Gasteiger partial charge in [0.05, 0.1) is 5.02 Å². The number of carbonyl (C=O) groups excluding carboxylic acids is 1. The molecule has 0 bridgehead atoms. The monoisotopic (exact) mass is 317 g/mol. The molecule has 1 amide bonds. The Morgan fingerprint density at radius 2 is 2.47 bits per heavy atom. The van der Waals surface area contributed by atoms with Gasteiger partial charge in [0.15, 0.2) is 0 Å². The van der Waals surface area contributed by atoms with Crippen LogP contribution < -0.4 is 10.2 Å². The molecular formula is C11H13BrClN3O. The van der Waals surface area contributed by atoms with Gasteiger partial charge in [-0.15, -0.1) is 0 Å². The number of hydrogen-bond acceptors (Lipinski definition) is 3. The van der Waals surface area contributed by atoms with E-state index in [1.807, 2.05) is 6.07 Å². The van der Waals surface area contributed by atoms with Crippen LogP contribution in [0.25, 0.3) is 0 Å². The first-order chi connectivity index (χ1) is 8.06. The lowest BCUT2D eigenvalue weighted by Gasteiger charge is -2.18. The van der Waals surface area contributed by atoms with E-state index in [9.17, 15) is 4.79 Å². The average molecular weight is 319 g/mol. The summed E-state index contributed by atoms with van der Waals surface area (Å²) in [5.74, 6) is 0.787. The zero-order valence-corrected chi connectivity index (χ0v) is 11.8. The van der Waals surface area contributed by atoms with Gasteiger partial charge in [0, 0.05) is 36.7 Å². The van der Waals surface area contributed by atoms with Crippen LogP contribution in [-0.2, 0) is 4.79 Å². The van der Waals surface area contributed by atoms with Crippen LogP contribution in [0.15, 0.2) is 16.7 Å². The summed E-state index contributed by atoms with van der Waals surface area (Å²) in [5, 5.41) is 3.54. The van der Waals surface area contributed by atoms with Crippen molar-refractivity contribution in [1.29, 1.82) is 0 Å². The third-order valence-corrected chi connectivity index (χ3v) is 3.40. The van der Waals surface area contributed by atoms with Crippen molar-refractivity contribution in [2.75, 3.05) is 18.0 Å². The fourth-order valence-electron chi connectivity index (χ4n) is 2.00. The Morgan fingerprint density at radius 1 is 1.71 bits per heavy atom. The molecule has 1 unspecified atom stereocenters. The van der Waals surface area contributed by atoms with E-state index in [1.165, 1.54) is 6.92 Å². The first kappa shape index (κ1) is 12.6. The fraction of sp³-hybridized carbons (Fsp3) is 0.455. The summed E-state index contributed by atoms with van der Waals surface area (Å²) >= 11 is 9.47. The topological polar surface area (TPSA) is 45.2 Å². The Labute approximate surface area is 113 Å². The second kappa shape index (κ2) is 5.23. The van der Waals surface area contributed by atoms with Gasteiger partial charge >= 0.3 is 0 Å². The van der Waals surface area contributed by atoms with Crippen molar-refractivity contribution in [3.63, 3.8) is 0 Å². The molecule has 92 valence electrons. The van der Waals surface area contributed by atoms with Crippen LogP contribution in [0, 0.1) is 0 Å². The van der Waals surface area contributed by atoms with E-state index in [1.54, 1.807) is 6.20 Å². The number of nitrogens with one attached hydrogen (secondary N) is 1. The first-order valence-electron chi connectivity index (χ1n) is 5.39. The van der Waals surface area contributed by atoms with Gasteiger partial charge in [-0.05, 0) is 28.4 Å². The zero-order chi connectivity index (χ0) is 12.4. The second-order valence-electron chi connectivity index (χ2n) is 4.09. The molecule has 1 aliphatic heterocycles. The van der Waals surface area contributed by atoms with E-state index in [-0.39, 0.29) is 11.9 Å². The van der Waals surface area contributed by atoms with Crippen LogP contribution in [0.4, 0.5) is 5.82 Å². The molecule has 6 heteroatoms. The Hall–Kier alpha value is -0.810. The average Bonchev–Trinajstić information content (AvgIpc) is 2.65. The van der Waals surface area contributed by atoms with Crippen LogP contribution in [0.3, 0.4) is 0 Å². The lowest BCUT2D eigenvalue weighted by atomic mass is 10.3. The summed E-state index contributed by atoms with van der Waals surface area (Å²) in [5.41, 5.74) is 0. The normalized spacial score (nSPS) is 19.5. The van der Waals surface area contributed by atoms with Crippen molar-refractivity contribution >= 4 is 39.3 Å². The first-order valence-corrected chi connectivity index (χ1v) is 6.56. The van der Waals surface area contributed by atoms with E-state index < -0.39 is 0 Å². The highest BCUT2D eigenvalue weighted by Crippen LogP contribution is 2.28. The van der Waals surface area contributed by atoms with E-state index in [0.717, 1.165) is 29.8 Å². The van der Waals surface area contributed by atoms with Gasteiger partial charge in [-0.2, -0.15) is 0 Å². The lowest BCUT2D eigenvalue weighted by Crippen LogP contribution is -2.35. The zero-order valence-electron chi connectivity index (χ0n) is 9.41. The molecule has 1 aromatic heterocycles. The molecule has 1 fully saturated rings. The van der Waals surface area contributed by atoms with Gasteiger partial charge in [0.25, 0.3) is 0 Å². The smallest absolute Gasteiger partial charge is 0.217 e. The van der Waals surface area contributed by atoms with Crippen molar-refractivity contribution in [3.05, 3.63) is 21.8 Å². The molecule has 1 N–H and O–H groups in total. The summed E-state index contributed by atoms with van der Waals surface area (Å²) < 4.78 is 0.865. The Balaban J connectivity index is 2.07. The maximum Gasteiger partial charge on any atom is 0.217 e. The Morgan fingerprint density at radius 3 is 3.12 bits per heavy atom. The number of aromatic nitrogens is 1. The molecular weight excluding hydrogens is 305 g/mol. The van der Waals surface area contributed by atoms with Crippen molar-refractivity contribution < 1.29 is 4.79 Å². The summed E-state index contributed by atoms with van der Waals surface area (Å²) in [6, 6.07) is 2.02. The predicted molar refractivity (Wildman–Crippen MR) is 71.4 cm³/mol. The molecule has 1 atom stereocenters. The minimum atomic E-state index is 0.00622. The molecule has 1 aromatic rings. The molecule has 0 spiro atoms. The molecule has 0 saturated carbocycles. The lowest BCUT2D eigenvalue weighted by molar-refractivity contribution is -0.119. The maximum atomic E-state index is 11.0. The number of halogens is 2. The molecule has 4 nitrogen and oxygen atoms in total. The second-order valence-corrected chi connectivity index (χ2v) is 5.41. The highest BCUT2D eigenvalue weighted by molar-refractivity contribution is 9.10.